The molecular weight excluding hydrogens is 342 g/mol. The highest BCUT2D eigenvalue weighted by molar-refractivity contribution is 8.00. The Morgan fingerprint density at radius 3 is 2.38 bits per heavy atom. The minimum atomic E-state index is -0.117. The lowest BCUT2D eigenvalue weighted by Gasteiger charge is -2.15. The predicted octanol–water partition coefficient (Wildman–Crippen LogP) is 4.93. The van der Waals surface area contributed by atoms with Gasteiger partial charge in [-0.1, -0.05) is 30.7 Å². The first-order valence-corrected chi connectivity index (χ1v) is 9.29. The highest BCUT2D eigenvalue weighted by Crippen LogP contribution is 2.26. The van der Waals surface area contributed by atoms with Crippen LogP contribution in [-0.4, -0.2) is 17.8 Å². The molecule has 0 saturated heterocycles. The first-order valence-electron chi connectivity index (χ1n) is 8.04. The van der Waals surface area contributed by atoms with E-state index in [1.54, 1.807) is 11.8 Å². The molecule has 0 aliphatic carbocycles. The number of carbonyl (C=O) groups excluding carboxylic acids is 1. The SMILES string of the molecule is CCOc1ccc(CNC(=O)[C@H](CC)Sc2ccc(Cl)cc2)cc1. The molecule has 0 aliphatic heterocycles. The van der Waals surface area contributed by atoms with Crippen molar-refractivity contribution < 1.29 is 9.53 Å². The molecule has 0 aliphatic rings. The molecule has 24 heavy (non-hydrogen) atoms. The van der Waals surface area contributed by atoms with E-state index in [9.17, 15) is 4.79 Å². The number of nitrogens with one attached hydrogen (secondary N) is 1. The molecule has 0 aromatic heterocycles. The second-order valence-corrected chi connectivity index (χ2v) is 6.98. The lowest BCUT2D eigenvalue weighted by molar-refractivity contribution is -0.120. The summed E-state index contributed by atoms with van der Waals surface area (Å²) in [6.45, 7) is 5.14. The minimum absolute atomic E-state index is 0.0475. The Morgan fingerprint density at radius 1 is 1.12 bits per heavy atom. The van der Waals surface area contributed by atoms with Gasteiger partial charge < -0.3 is 10.1 Å². The predicted molar refractivity (Wildman–Crippen MR) is 101 cm³/mol. The fourth-order valence-corrected chi connectivity index (χ4v) is 3.28. The molecule has 1 amide bonds. The third-order valence-electron chi connectivity index (χ3n) is 3.46. The van der Waals surface area contributed by atoms with Crippen LogP contribution in [0.4, 0.5) is 0 Å². The van der Waals surface area contributed by atoms with Gasteiger partial charge in [0.2, 0.25) is 5.91 Å². The van der Waals surface area contributed by atoms with E-state index in [0.29, 0.717) is 18.2 Å². The highest BCUT2D eigenvalue weighted by Gasteiger charge is 2.17. The number of thioether (sulfide) groups is 1. The van der Waals surface area contributed by atoms with Crippen LogP contribution < -0.4 is 10.1 Å². The molecule has 2 aromatic carbocycles. The molecule has 0 unspecified atom stereocenters. The first-order chi connectivity index (χ1) is 11.6. The minimum Gasteiger partial charge on any atom is -0.494 e. The topological polar surface area (TPSA) is 38.3 Å². The van der Waals surface area contributed by atoms with E-state index < -0.39 is 0 Å². The summed E-state index contributed by atoms with van der Waals surface area (Å²) in [5.74, 6) is 0.892. The average molecular weight is 364 g/mol. The molecule has 0 fully saturated rings. The Bertz CT molecular complexity index is 643. The van der Waals surface area contributed by atoms with E-state index in [-0.39, 0.29) is 11.2 Å². The molecule has 128 valence electrons. The van der Waals surface area contributed by atoms with Crippen molar-refractivity contribution in [2.75, 3.05) is 6.61 Å². The molecule has 1 atom stereocenters. The summed E-state index contributed by atoms with van der Waals surface area (Å²) in [6.07, 6.45) is 0.766. The van der Waals surface area contributed by atoms with Gasteiger partial charge in [-0.05, 0) is 55.3 Å². The molecule has 0 bridgehead atoms. The highest BCUT2D eigenvalue weighted by atomic mass is 35.5. The van der Waals surface area contributed by atoms with Gasteiger partial charge in [-0.3, -0.25) is 4.79 Å². The zero-order chi connectivity index (χ0) is 17.4. The summed E-state index contributed by atoms with van der Waals surface area (Å²) in [5, 5.41) is 3.59. The second kappa shape index (κ2) is 9.60. The Morgan fingerprint density at radius 2 is 1.79 bits per heavy atom. The van der Waals surface area contributed by atoms with E-state index in [1.165, 1.54) is 0 Å². The molecule has 0 heterocycles. The summed E-state index contributed by atoms with van der Waals surface area (Å²) in [5.41, 5.74) is 1.05. The second-order valence-electron chi connectivity index (χ2n) is 5.26. The number of carbonyl (C=O) groups is 1. The van der Waals surface area contributed by atoms with Crippen molar-refractivity contribution in [1.29, 1.82) is 0 Å². The van der Waals surface area contributed by atoms with Crippen LogP contribution in [-0.2, 0) is 11.3 Å². The number of rotatable bonds is 8. The van der Waals surface area contributed by atoms with Crippen molar-refractivity contribution in [2.45, 2.75) is 37.0 Å². The maximum absolute atomic E-state index is 12.4. The molecule has 0 saturated carbocycles. The van der Waals surface area contributed by atoms with Crippen LogP contribution in [0.1, 0.15) is 25.8 Å². The zero-order valence-electron chi connectivity index (χ0n) is 13.9. The number of benzene rings is 2. The number of halogens is 1. The van der Waals surface area contributed by atoms with E-state index >= 15 is 0 Å². The molecule has 3 nitrogen and oxygen atoms in total. The van der Waals surface area contributed by atoms with Gasteiger partial charge in [-0.2, -0.15) is 0 Å². The van der Waals surface area contributed by atoms with Crippen LogP contribution in [0.3, 0.4) is 0 Å². The quantitative estimate of drug-likeness (QED) is 0.676. The Labute approximate surface area is 152 Å². The Balaban J connectivity index is 1.88. The molecule has 0 radical (unpaired) electrons. The summed E-state index contributed by atoms with van der Waals surface area (Å²) in [7, 11) is 0. The smallest absolute Gasteiger partial charge is 0.233 e. The number of amides is 1. The van der Waals surface area contributed by atoms with Gasteiger partial charge in [0.1, 0.15) is 5.75 Å². The Hall–Kier alpha value is -1.65. The van der Waals surface area contributed by atoms with Gasteiger partial charge in [0.15, 0.2) is 0 Å². The lowest BCUT2D eigenvalue weighted by Crippen LogP contribution is -2.31. The van der Waals surface area contributed by atoms with Gasteiger partial charge in [0, 0.05) is 16.5 Å². The van der Waals surface area contributed by atoms with Crippen molar-refractivity contribution in [3.63, 3.8) is 0 Å². The van der Waals surface area contributed by atoms with Crippen LogP contribution in [0, 0.1) is 0 Å². The fourth-order valence-electron chi connectivity index (χ4n) is 2.17. The molecule has 2 aromatic rings. The van der Waals surface area contributed by atoms with Crippen LogP contribution in [0.2, 0.25) is 5.02 Å². The van der Waals surface area contributed by atoms with Crippen LogP contribution in [0.25, 0.3) is 0 Å². The van der Waals surface area contributed by atoms with Gasteiger partial charge in [0.05, 0.1) is 11.9 Å². The zero-order valence-corrected chi connectivity index (χ0v) is 15.5. The number of hydrogen-bond donors (Lipinski definition) is 1. The van der Waals surface area contributed by atoms with Gasteiger partial charge in [-0.25, -0.2) is 0 Å². The normalized spacial score (nSPS) is 11.8. The van der Waals surface area contributed by atoms with Crippen molar-refractivity contribution in [3.05, 3.63) is 59.1 Å². The van der Waals surface area contributed by atoms with Crippen molar-refractivity contribution in [3.8, 4) is 5.75 Å². The molecule has 0 spiro atoms. The summed E-state index contributed by atoms with van der Waals surface area (Å²) >= 11 is 7.45. The van der Waals surface area contributed by atoms with Gasteiger partial charge in [-0.15, -0.1) is 11.8 Å². The monoisotopic (exact) mass is 363 g/mol. The lowest BCUT2D eigenvalue weighted by atomic mass is 10.2. The molecule has 1 N–H and O–H groups in total. The maximum Gasteiger partial charge on any atom is 0.233 e. The average Bonchev–Trinajstić information content (AvgIpc) is 2.60. The first kappa shape index (κ1) is 18.7. The van der Waals surface area contributed by atoms with Gasteiger partial charge in [0.25, 0.3) is 0 Å². The fraction of sp³-hybridized carbons (Fsp3) is 0.316. The third kappa shape index (κ3) is 5.77. The molecule has 2 rings (SSSR count). The van der Waals surface area contributed by atoms with Crippen LogP contribution in [0.5, 0.6) is 5.75 Å². The summed E-state index contributed by atoms with van der Waals surface area (Å²) in [6, 6.07) is 15.3. The van der Waals surface area contributed by atoms with E-state index in [0.717, 1.165) is 22.6 Å². The standard InChI is InChI=1S/C19H22ClNO2S/c1-3-18(24-17-11-7-15(20)8-12-17)19(22)21-13-14-5-9-16(10-6-14)23-4-2/h5-12,18H,3-4,13H2,1-2H3,(H,21,22)/t18-/m0/s1. The van der Waals surface area contributed by atoms with Gasteiger partial charge >= 0.3 is 0 Å². The number of ether oxygens (including phenoxy) is 1. The third-order valence-corrected chi connectivity index (χ3v) is 5.08. The largest absolute Gasteiger partial charge is 0.494 e. The molecule has 5 heteroatoms. The maximum atomic E-state index is 12.4. The van der Waals surface area contributed by atoms with Crippen molar-refractivity contribution >= 4 is 29.3 Å². The Kier molecular flexibility index (Phi) is 7.47. The van der Waals surface area contributed by atoms with Crippen LogP contribution >= 0.6 is 23.4 Å². The van der Waals surface area contributed by atoms with Crippen molar-refractivity contribution in [2.24, 2.45) is 0 Å². The summed E-state index contributed by atoms with van der Waals surface area (Å²) < 4.78 is 5.42. The van der Waals surface area contributed by atoms with Crippen molar-refractivity contribution in [1.82, 2.24) is 5.32 Å². The number of hydrogen-bond acceptors (Lipinski definition) is 3. The van der Waals surface area contributed by atoms with Crippen LogP contribution in [0.15, 0.2) is 53.4 Å². The van der Waals surface area contributed by atoms with E-state index in [2.05, 4.69) is 5.32 Å². The van der Waals surface area contributed by atoms with E-state index in [1.807, 2.05) is 62.4 Å². The molecular formula is C19H22ClNO2S. The van der Waals surface area contributed by atoms with E-state index in [4.69, 9.17) is 16.3 Å². The summed E-state index contributed by atoms with van der Waals surface area (Å²) in [4.78, 5) is 13.4.